The van der Waals surface area contributed by atoms with Crippen LogP contribution in [0.3, 0.4) is 0 Å². The Labute approximate surface area is 122 Å². The fraction of sp³-hybridized carbons (Fsp3) is 0.667. The molecular formula is C18H27NO. The molecule has 0 bridgehead atoms. The minimum absolute atomic E-state index is 0.496. The Morgan fingerprint density at radius 2 is 1.85 bits per heavy atom. The van der Waals surface area contributed by atoms with Crippen LogP contribution in [0, 0.1) is 5.41 Å². The first-order valence-electron chi connectivity index (χ1n) is 8.21. The third kappa shape index (κ3) is 4.07. The van der Waals surface area contributed by atoms with E-state index in [1.165, 1.54) is 57.1 Å². The van der Waals surface area contributed by atoms with Gasteiger partial charge in [0.05, 0.1) is 0 Å². The summed E-state index contributed by atoms with van der Waals surface area (Å²) in [7, 11) is 0. The number of aryl methyl sites for hydroxylation is 1. The molecule has 1 aromatic carbocycles. The van der Waals surface area contributed by atoms with E-state index < -0.39 is 0 Å². The predicted octanol–water partition coefficient (Wildman–Crippen LogP) is 3.56. The van der Waals surface area contributed by atoms with E-state index in [0.29, 0.717) is 5.41 Å². The molecular weight excluding hydrogens is 246 g/mol. The molecule has 2 fully saturated rings. The maximum Gasteiger partial charge on any atom is 0.0471 e. The Morgan fingerprint density at radius 3 is 2.55 bits per heavy atom. The molecule has 1 aliphatic heterocycles. The highest BCUT2D eigenvalue weighted by molar-refractivity contribution is 5.14. The van der Waals surface area contributed by atoms with E-state index >= 15 is 0 Å². The van der Waals surface area contributed by atoms with Gasteiger partial charge in [-0.2, -0.15) is 0 Å². The lowest BCUT2D eigenvalue weighted by atomic mass is 9.75. The van der Waals surface area contributed by atoms with Crippen LogP contribution in [0.1, 0.15) is 44.1 Å². The zero-order valence-corrected chi connectivity index (χ0v) is 12.4. The number of hydrogen-bond acceptors (Lipinski definition) is 2. The molecule has 0 atom stereocenters. The lowest BCUT2D eigenvalue weighted by Crippen LogP contribution is -2.40. The summed E-state index contributed by atoms with van der Waals surface area (Å²) in [4.78, 5) is 0. The van der Waals surface area contributed by atoms with Gasteiger partial charge in [0.15, 0.2) is 0 Å². The minimum Gasteiger partial charge on any atom is -0.381 e. The van der Waals surface area contributed by atoms with Crippen molar-refractivity contribution < 1.29 is 4.74 Å². The molecule has 2 heteroatoms. The quantitative estimate of drug-likeness (QED) is 0.820. The first kappa shape index (κ1) is 14.1. The molecule has 1 saturated heterocycles. The zero-order valence-electron chi connectivity index (χ0n) is 12.4. The van der Waals surface area contributed by atoms with Gasteiger partial charge in [0.1, 0.15) is 0 Å². The van der Waals surface area contributed by atoms with Crippen LogP contribution in [0.2, 0.25) is 0 Å². The summed E-state index contributed by atoms with van der Waals surface area (Å²) in [5.74, 6) is 0. The summed E-state index contributed by atoms with van der Waals surface area (Å²) < 4.78 is 5.58. The zero-order chi connectivity index (χ0) is 13.7. The van der Waals surface area contributed by atoms with Crippen molar-refractivity contribution in [2.24, 2.45) is 5.41 Å². The van der Waals surface area contributed by atoms with Gasteiger partial charge in [0.2, 0.25) is 0 Å². The van der Waals surface area contributed by atoms with Gasteiger partial charge in [-0.1, -0.05) is 30.3 Å². The summed E-state index contributed by atoms with van der Waals surface area (Å²) in [6, 6.07) is 11.7. The van der Waals surface area contributed by atoms with Gasteiger partial charge in [-0.15, -0.1) is 0 Å². The second-order valence-corrected chi connectivity index (χ2v) is 6.61. The van der Waals surface area contributed by atoms with E-state index in [-0.39, 0.29) is 0 Å². The average Bonchev–Trinajstić information content (AvgIpc) is 3.32. The molecule has 0 radical (unpaired) electrons. The Kier molecular flexibility index (Phi) is 4.74. The Hall–Kier alpha value is -0.860. The molecule has 0 unspecified atom stereocenters. The Balaban J connectivity index is 1.49. The highest BCUT2D eigenvalue weighted by atomic mass is 16.5. The van der Waals surface area contributed by atoms with E-state index in [2.05, 4.69) is 35.6 Å². The SMILES string of the molecule is c1ccc(CCCC2(CNC3CC3)CCOCC2)cc1. The van der Waals surface area contributed by atoms with Gasteiger partial charge in [-0.05, 0) is 55.9 Å². The van der Waals surface area contributed by atoms with Gasteiger partial charge < -0.3 is 10.1 Å². The summed E-state index contributed by atoms with van der Waals surface area (Å²) in [6.45, 7) is 3.12. The molecule has 0 spiro atoms. The van der Waals surface area contributed by atoms with Crippen molar-refractivity contribution in [3.63, 3.8) is 0 Å². The van der Waals surface area contributed by atoms with Gasteiger partial charge in [0, 0.05) is 25.8 Å². The Bertz CT molecular complexity index is 393. The molecule has 110 valence electrons. The molecule has 2 nitrogen and oxygen atoms in total. The summed E-state index contributed by atoms with van der Waals surface area (Å²) in [5, 5.41) is 3.76. The number of rotatable bonds is 7. The monoisotopic (exact) mass is 273 g/mol. The van der Waals surface area contributed by atoms with Crippen LogP contribution in [0.15, 0.2) is 30.3 Å². The fourth-order valence-corrected chi connectivity index (χ4v) is 3.28. The second kappa shape index (κ2) is 6.73. The van der Waals surface area contributed by atoms with Gasteiger partial charge in [-0.25, -0.2) is 0 Å². The maximum absolute atomic E-state index is 5.58. The molecule has 2 aliphatic rings. The predicted molar refractivity (Wildman–Crippen MR) is 82.9 cm³/mol. The minimum atomic E-state index is 0.496. The number of ether oxygens (including phenoxy) is 1. The van der Waals surface area contributed by atoms with Crippen molar-refractivity contribution in [1.29, 1.82) is 0 Å². The van der Waals surface area contributed by atoms with E-state index in [4.69, 9.17) is 4.74 Å². The highest BCUT2D eigenvalue weighted by Crippen LogP contribution is 2.36. The van der Waals surface area contributed by atoms with E-state index in [1.54, 1.807) is 0 Å². The molecule has 1 aromatic rings. The van der Waals surface area contributed by atoms with Gasteiger partial charge in [0.25, 0.3) is 0 Å². The number of hydrogen-bond donors (Lipinski definition) is 1. The van der Waals surface area contributed by atoms with Crippen LogP contribution in [0.25, 0.3) is 0 Å². The fourth-order valence-electron chi connectivity index (χ4n) is 3.28. The van der Waals surface area contributed by atoms with Crippen LogP contribution in [-0.4, -0.2) is 25.8 Å². The third-order valence-corrected chi connectivity index (χ3v) is 4.91. The van der Waals surface area contributed by atoms with E-state index in [1.807, 2.05) is 0 Å². The first-order chi connectivity index (χ1) is 9.86. The maximum atomic E-state index is 5.58. The molecule has 0 amide bonds. The summed E-state index contributed by atoms with van der Waals surface area (Å²) >= 11 is 0. The highest BCUT2D eigenvalue weighted by Gasteiger charge is 2.33. The topological polar surface area (TPSA) is 21.3 Å². The standard InChI is InChI=1S/C18H27NO/c1-2-5-16(6-3-1)7-4-10-18(11-13-20-14-12-18)15-19-17-8-9-17/h1-3,5-6,17,19H,4,7-15H2. The molecule has 1 saturated carbocycles. The lowest BCUT2D eigenvalue weighted by molar-refractivity contribution is 0.00930. The van der Waals surface area contributed by atoms with Crippen LogP contribution < -0.4 is 5.32 Å². The molecule has 1 N–H and O–H groups in total. The van der Waals surface area contributed by atoms with Crippen molar-refractivity contribution in [2.45, 2.75) is 51.0 Å². The van der Waals surface area contributed by atoms with E-state index in [9.17, 15) is 0 Å². The Morgan fingerprint density at radius 1 is 1.10 bits per heavy atom. The molecule has 1 aliphatic carbocycles. The van der Waals surface area contributed by atoms with Crippen molar-refractivity contribution in [2.75, 3.05) is 19.8 Å². The van der Waals surface area contributed by atoms with Crippen LogP contribution in [0.5, 0.6) is 0 Å². The van der Waals surface area contributed by atoms with Crippen LogP contribution >= 0.6 is 0 Å². The number of nitrogens with one attached hydrogen (secondary N) is 1. The summed E-state index contributed by atoms with van der Waals surface area (Å²) in [5.41, 5.74) is 1.97. The third-order valence-electron chi connectivity index (χ3n) is 4.91. The van der Waals surface area contributed by atoms with E-state index in [0.717, 1.165) is 19.3 Å². The van der Waals surface area contributed by atoms with Gasteiger partial charge >= 0.3 is 0 Å². The normalized spacial score (nSPS) is 21.8. The molecule has 20 heavy (non-hydrogen) atoms. The first-order valence-corrected chi connectivity index (χ1v) is 8.21. The lowest BCUT2D eigenvalue weighted by Gasteiger charge is -2.38. The second-order valence-electron chi connectivity index (χ2n) is 6.61. The van der Waals surface area contributed by atoms with Crippen molar-refractivity contribution in [3.05, 3.63) is 35.9 Å². The average molecular weight is 273 g/mol. The van der Waals surface area contributed by atoms with Crippen molar-refractivity contribution >= 4 is 0 Å². The largest absolute Gasteiger partial charge is 0.381 e. The number of benzene rings is 1. The molecule has 3 rings (SSSR count). The van der Waals surface area contributed by atoms with Crippen molar-refractivity contribution in [1.82, 2.24) is 5.32 Å². The molecule has 1 heterocycles. The summed E-state index contributed by atoms with van der Waals surface area (Å²) in [6.07, 6.45) is 9.10. The van der Waals surface area contributed by atoms with Crippen molar-refractivity contribution in [3.8, 4) is 0 Å². The smallest absolute Gasteiger partial charge is 0.0471 e. The molecule has 0 aromatic heterocycles. The van der Waals surface area contributed by atoms with Gasteiger partial charge in [-0.3, -0.25) is 0 Å². The van der Waals surface area contributed by atoms with Crippen LogP contribution in [0.4, 0.5) is 0 Å². The van der Waals surface area contributed by atoms with Crippen LogP contribution in [-0.2, 0) is 11.2 Å².